The van der Waals surface area contributed by atoms with Crippen molar-refractivity contribution < 1.29 is 9.18 Å². The average molecular weight is 383 g/mol. The molecule has 1 aromatic heterocycles. The smallest absolute Gasteiger partial charge is 0.323 e. The van der Waals surface area contributed by atoms with Crippen LogP contribution >= 0.6 is 0 Å². The number of aromatic nitrogens is 1. The Hall–Kier alpha value is -2.67. The number of urea groups is 1. The van der Waals surface area contributed by atoms with Gasteiger partial charge in [-0.25, -0.2) is 14.2 Å². The van der Waals surface area contributed by atoms with Crippen LogP contribution in [0.2, 0.25) is 0 Å². The second kappa shape index (κ2) is 8.56. The van der Waals surface area contributed by atoms with E-state index in [-0.39, 0.29) is 11.8 Å². The van der Waals surface area contributed by atoms with Crippen LogP contribution in [0.4, 0.5) is 26.4 Å². The van der Waals surface area contributed by atoms with E-state index in [0.717, 1.165) is 38.0 Å². The standard InChI is InChI=1S/C21H26FN5O/c22-16-5-7-17(8-6-16)24-21(28)25-18-9-10-20(23-15-18)27-13-11-26(12-14-27)19-3-1-2-4-19/h5-10,15,19H,1-4,11-14H2,(H2,24,25,28). The summed E-state index contributed by atoms with van der Waals surface area (Å²) in [5, 5.41) is 5.41. The Kier molecular flexibility index (Phi) is 5.71. The van der Waals surface area contributed by atoms with Gasteiger partial charge in [-0.3, -0.25) is 4.90 Å². The first-order valence-corrected chi connectivity index (χ1v) is 9.96. The molecule has 2 N–H and O–H groups in total. The van der Waals surface area contributed by atoms with Gasteiger partial charge in [0.1, 0.15) is 11.6 Å². The van der Waals surface area contributed by atoms with E-state index in [9.17, 15) is 9.18 Å². The summed E-state index contributed by atoms with van der Waals surface area (Å²) < 4.78 is 12.9. The van der Waals surface area contributed by atoms with Crippen molar-refractivity contribution in [3.05, 3.63) is 48.4 Å². The van der Waals surface area contributed by atoms with E-state index in [1.165, 1.54) is 49.9 Å². The van der Waals surface area contributed by atoms with E-state index < -0.39 is 0 Å². The summed E-state index contributed by atoms with van der Waals surface area (Å²) in [4.78, 5) is 21.5. The molecule has 0 atom stereocenters. The number of nitrogens with zero attached hydrogens (tertiary/aromatic N) is 3. The number of pyridine rings is 1. The third kappa shape index (κ3) is 4.59. The lowest BCUT2D eigenvalue weighted by molar-refractivity contribution is 0.187. The maximum absolute atomic E-state index is 12.9. The maximum Gasteiger partial charge on any atom is 0.323 e. The van der Waals surface area contributed by atoms with Gasteiger partial charge in [0.2, 0.25) is 0 Å². The fraction of sp³-hybridized carbons (Fsp3) is 0.429. The number of hydrogen-bond acceptors (Lipinski definition) is 4. The lowest BCUT2D eigenvalue weighted by Gasteiger charge is -2.38. The molecule has 1 saturated heterocycles. The van der Waals surface area contributed by atoms with Gasteiger partial charge in [-0.15, -0.1) is 0 Å². The zero-order chi connectivity index (χ0) is 19.3. The molecule has 2 amide bonds. The van der Waals surface area contributed by atoms with Crippen molar-refractivity contribution in [2.24, 2.45) is 0 Å². The summed E-state index contributed by atoms with van der Waals surface area (Å²) in [7, 11) is 0. The first-order chi connectivity index (χ1) is 13.7. The van der Waals surface area contributed by atoms with E-state index in [1.54, 1.807) is 6.20 Å². The predicted octanol–water partition coefficient (Wildman–Crippen LogP) is 3.93. The summed E-state index contributed by atoms with van der Waals surface area (Å²) in [5.74, 6) is 0.602. The van der Waals surface area contributed by atoms with E-state index in [0.29, 0.717) is 11.4 Å². The Morgan fingerprint density at radius 1 is 0.929 bits per heavy atom. The van der Waals surface area contributed by atoms with Crippen LogP contribution in [0.15, 0.2) is 42.6 Å². The number of rotatable bonds is 4. The molecule has 28 heavy (non-hydrogen) atoms. The molecule has 4 rings (SSSR count). The summed E-state index contributed by atoms with van der Waals surface area (Å²) in [6, 6.07) is 9.83. The number of anilines is 3. The zero-order valence-corrected chi connectivity index (χ0v) is 15.9. The van der Waals surface area contributed by atoms with Crippen LogP contribution in [0.25, 0.3) is 0 Å². The van der Waals surface area contributed by atoms with Gasteiger partial charge in [0.25, 0.3) is 0 Å². The largest absolute Gasteiger partial charge is 0.354 e. The van der Waals surface area contributed by atoms with Gasteiger partial charge >= 0.3 is 6.03 Å². The molecule has 6 nitrogen and oxygen atoms in total. The van der Waals surface area contributed by atoms with Crippen LogP contribution in [0.3, 0.4) is 0 Å². The molecule has 7 heteroatoms. The molecule has 2 aromatic rings. The highest BCUT2D eigenvalue weighted by Crippen LogP contribution is 2.25. The lowest BCUT2D eigenvalue weighted by Crippen LogP contribution is -2.49. The van der Waals surface area contributed by atoms with E-state index in [1.807, 2.05) is 12.1 Å². The molecule has 2 heterocycles. The number of piperazine rings is 1. The zero-order valence-electron chi connectivity index (χ0n) is 15.9. The molecule has 1 aromatic carbocycles. The van der Waals surface area contributed by atoms with Crippen LogP contribution in [0.5, 0.6) is 0 Å². The Morgan fingerprint density at radius 3 is 2.21 bits per heavy atom. The number of carbonyl (C=O) groups excluding carboxylic acids is 1. The average Bonchev–Trinajstić information content (AvgIpc) is 3.25. The molecule has 0 bridgehead atoms. The minimum absolute atomic E-state index is 0.338. The molecule has 1 aliphatic carbocycles. The van der Waals surface area contributed by atoms with Crippen molar-refractivity contribution in [2.45, 2.75) is 31.7 Å². The monoisotopic (exact) mass is 383 g/mol. The normalized spacial score (nSPS) is 18.2. The first kappa shape index (κ1) is 18.7. The number of carbonyl (C=O) groups is 1. The topological polar surface area (TPSA) is 60.5 Å². The number of halogens is 1. The molecule has 2 aliphatic rings. The van der Waals surface area contributed by atoms with Crippen LogP contribution < -0.4 is 15.5 Å². The summed E-state index contributed by atoms with van der Waals surface area (Å²) in [6.07, 6.45) is 7.10. The molecular formula is C21H26FN5O. The molecule has 0 spiro atoms. The first-order valence-electron chi connectivity index (χ1n) is 9.96. The molecular weight excluding hydrogens is 357 g/mol. The Balaban J connectivity index is 1.28. The van der Waals surface area contributed by atoms with E-state index >= 15 is 0 Å². The van der Waals surface area contributed by atoms with Gasteiger partial charge in [-0.2, -0.15) is 0 Å². The lowest BCUT2D eigenvalue weighted by atomic mass is 10.2. The van der Waals surface area contributed by atoms with Crippen molar-refractivity contribution in [2.75, 3.05) is 41.7 Å². The highest BCUT2D eigenvalue weighted by Gasteiger charge is 2.26. The molecule has 0 unspecified atom stereocenters. The van der Waals surface area contributed by atoms with Gasteiger partial charge in [0.05, 0.1) is 11.9 Å². The van der Waals surface area contributed by atoms with Gasteiger partial charge < -0.3 is 15.5 Å². The van der Waals surface area contributed by atoms with Crippen LogP contribution in [0.1, 0.15) is 25.7 Å². The number of nitrogens with one attached hydrogen (secondary N) is 2. The van der Waals surface area contributed by atoms with Crippen molar-refractivity contribution in [1.82, 2.24) is 9.88 Å². The second-order valence-corrected chi connectivity index (χ2v) is 7.45. The van der Waals surface area contributed by atoms with Crippen LogP contribution in [0, 0.1) is 5.82 Å². The highest BCUT2D eigenvalue weighted by molar-refractivity contribution is 5.99. The third-order valence-electron chi connectivity index (χ3n) is 5.59. The quantitative estimate of drug-likeness (QED) is 0.840. The molecule has 1 saturated carbocycles. The van der Waals surface area contributed by atoms with Crippen LogP contribution in [-0.2, 0) is 0 Å². The number of hydrogen-bond donors (Lipinski definition) is 2. The second-order valence-electron chi connectivity index (χ2n) is 7.45. The summed E-state index contributed by atoms with van der Waals surface area (Å²) in [6.45, 7) is 4.15. The van der Waals surface area contributed by atoms with E-state index in [4.69, 9.17) is 0 Å². The Bertz CT molecular complexity index is 781. The number of amides is 2. The maximum atomic E-state index is 12.9. The van der Waals surface area contributed by atoms with Gasteiger partial charge in [0, 0.05) is 37.9 Å². The minimum Gasteiger partial charge on any atom is -0.354 e. The minimum atomic E-state index is -0.383. The Labute approximate surface area is 164 Å². The summed E-state index contributed by atoms with van der Waals surface area (Å²) >= 11 is 0. The van der Waals surface area contributed by atoms with Crippen molar-refractivity contribution in [1.29, 1.82) is 0 Å². The molecule has 2 fully saturated rings. The molecule has 0 radical (unpaired) electrons. The fourth-order valence-corrected chi connectivity index (χ4v) is 4.06. The molecule has 1 aliphatic heterocycles. The van der Waals surface area contributed by atoms with Crippen LogP contribution in [-0.4, -0.2) is 48.1 Å². The highest BCUT2D eigenvalue weighted by atomic mass is 19.1. The number of benzene rings is 1. The SMILES string of the molecule is O=C(Nc1ccc(F)cc1)Nc1ccc(N2CCN(C3CCCC3)CC2)nc1. The van der Waals surface area contributed by atoms with Gasteiger partial charge in [0.15, 0.2) is 0 Å². The predicted molar refractivity (Wildman–Crippen MR) is 109 cm³/mol. The molecule has 148 valence electrons. The third-order valence-corrected chi connectivity index (χ3v) is 5.59. The van der Waals surface area contributed by atoms with Gasteiger partial charge in [-0.05, 0) is 49.2 Å². The van der Waals surface area contributed by atoms with Crippen molar-refractivity contribution in [3.63, 3.8) is 0 Å². The van der Waals surface area contributed by atoms with E-state index in [2.05, 4.69) is 25.4 Å². The summed E-state index contributed by atoms with van der Waals surface area (Å²) in [5.41, 5.74) is 1.15. The van der Waals surface area contributed by atoms with Crippen molar-refractivity contribution >= 4 is 23.2 Å². The fourth-order valence-electron chi connectivity index (χ4n) is 4.06. The van der Waals surface area contributed by atoms with Crippen molar-refractivity contribution in [3.8, 4) is 0 Å². The Morgan fingerprint density at radius 2 is 1.57 bits per heavy atom. The van der Waals surface area contributed by atoms with Gasteiger partial charge in [-0.1, -0.05) is 12.8 Å².